The molecular weight excluding hydrogens is 372 g/mol. The van der Waals surface area contributed by atoms with Gasteiger partial charge in [0.05, 0.1) is 33.3 Å². The number of pyridine rings is 1. The summed E-state index contributed by atoms with van der Waals surface area (Å²) in [7, 11) is 3.11. The van der Waals surface area contributed by atoms with Gasteiger partial charge in [-0.3, -0.25) is 9.59 Å². The van der Waals surface area contributed by atoms with Crippen molar-refractivity contribution in [2.45, 2.75) is 19.4 Å². The van der Waals surface area contributed by atoms with E-state index in [1.165, 1.54) is 4.57 Å². The second-order valence-corrected chi connectivity index (χ2v) is 6.73. The van der Waals surface area contributed by atoms with Crippen LogP contribution in [0.4, 0.5) is 5.69 Å². The quantitative estimate of drug-likeness (QED) is 0.641. The number of aliphatic hydroxyl groups is 1. The number of hydrogen-bond acceptors (Lipinski definition) is 5. The molecule has 3 rings (SSSR count). The molecule has 0 aliphatic carbocycles. The van der Waals surface area contributed by atoms with Crippen LogP contribution in [0.3, 0.4) is 0 Å². The summed E-state index contributed by atoms with van der Waals surface area (Å²) in [6.45, 7) is 1.63. The number of aromatic nitrogens is 1. The summed E-state index contributed by atoms with van der Waals surface area (Å²) in [5.41, 5.74) is 1.04. The van der Waals surface area contributed by atoms with E-state index < -0.39 is 0 Å². The number of aliphatic hydroxyl groups excluding tert-OH is 1. The Morgan fingerprint density at radius 1 is 1.14 bits per heavy atom. The van der Waals surface area contributed by atoms with Crippen molar-refractivity contribution >= 4 is 22.4 Å². The van der Waals surface area contributed by atoms with E-state index in [1.807, 2.05) is 0 Å². The molecule has 0 spiro atoms. The third-order valence-electron chi connectivity index (χ3n) is 4.82. The number of rotatable bonds is 7. The van der Waals surface area contributed by atoms with Gasteiger partial charge in [0.15, 0.2) is 0 Å². The van der Waals surface area contributed by atoms with E-state index in [4.69, 9.17) is 9.47 Å². The molecule has 0 aliphatic heterocycles. The van der Waals surface area contributed by atoms with E-state index in [9.17, 15) is 14.7 Å². The van der Waals surface area contributed by atoms with Gasteiger partial charge in [-0.05, 0) is 43.3 Å². The number of carbonyl (C=O) groups excluding carboxylic acids is 1. The number of ether oxygens (including phenoxy) is 2. The van der Waals surface area contributed by atoms with E-state index in [2.05, 4.69) is 5.32 Å². The summed E-state index contributed by atoms with van der Waals surface area (Å²) < 4.78 is 12.0. The Morgan fingerprint density at radius 2 is 1.93 bits per heavy atom. The Balaban J connectivity index is 1.90. The maximum absolute atomic E-state index is 12.7. The molecule has 1 unspecified atom stereocenters. The van der Waals surface area contributed by atoms with Crippen LogP contribution >= 0.6 is 0 Å². The van der Waals surface area contributed by atoms with Crippen LogP contribution in [0.5, 0.6) is 11.5 Å². The van der Waals surface area contributed by atoms with Crippen molar-refractivity contribution in [2.75, 3.05) is 26.1 Å². The number of amides is 1. The lowest BCUT2D eigenvalue weighted by molar-refractivity contribution is -0.115. The topological polar surface area (TPSA) is 89.8 Å². The molecular formula is C22H24N2O5. The number of nitrogens with zero attached hydrogens (tertiary/aromatic N) is 1. The zero-order valence-electron chi connectivity index (χ0n) is 16.6. The van der Waals surface area contributed by atoms with Crippen molar-refractivity contribution in [3.63, 3.8) is 0 Å². The molecule has 0 saturated heterocycles. The first-order valence-corrected chi connectivity index (χ1v) is 9.24. The van der Waals surface area contributed by atoms with Crippen LogP contribution in [0.15, 0.2) is 53.5 Å². The van der Waals surface area contributed by atoms with E-state index in [0.717, 1.165) is 0 Å². The van der Waals surface area contributed by atoms with E-state index in [-0.39, 0.29) is 30.5 Å². The molecule has 2 N–H and O–H groups in total. The summed E-state index contributed by atoms with van der Waals surface area (Å²) in [5, 5.41) is 13.3. The Kier molecular flexibility index (Phi) is 6.19. The number of benzene rings is 2. The molecule has 1 atom stereocenters. The van der Waals surface area contributed by atoms with Gasteiger partial charge in [0.2, 0.25) is 5.91 Å². The highest BCUT2D eigenvalue weighted by Gasteiger charge is 2.14. The number of anilines is 1. The standard InChI is InChI=1S/C22H24N2O5/c1-14(13-25)24-10-9-17-18(22(24)27)5-4-6-19(17)23-21(26)12-15-11-16(28-2)7-8-20(15)29-3/h4-11,14,25H,12-13H2,1-3H3,(H,23,26). The second kappa shape index (κ2) is 8.79. The third-order valence-corrected chi connectivity index (χ3v) is 4.82. The Hall–Kier alpha value is -3.32. The normalized spacial score (nSPS) is 11.9. The molecule has 1 amide bonds. The molecule has 0 radical (unpaired) electrons. The largest absolute Gasteiger partial charge is 0.497 e. The van der Waals surface area contributed by atoms with Crippen molar-refractivity contribution < 1.29 is 19.4 Å². The summed E-state index contributed by atoms with van der Waals surface area (Å²) in [4.78, 5) is 25.4. The Bertz CT molecular complexity index is 1090. The average Bonchev–Trinajstić information content (AvgIpc) is 2.73. The SMILES string of the molecule is COc1ccc(OC)c(CC(=O)Nc2cccc3c(=O)n(C(C)CO)ccc23)c1. The minimum atomic E-state index is -0.328. The Labute approximate surface area is 168 Å². The molecule has 3 aromatic rings. The molecule has 2 aromatic carbocycles. The average molecular weight is 396 g/mol. The second-order valence-electron chi connectivity index (χ2n) is 6.73. The lowest BCUT2D eigenvalue weighted by Gasteiger charge is -2.15. The lowest BCUT2D eigenvalue weighted by Crippen LogP contribution is -2.25. The molecule has 1 heterocycles. The summed E-state index contributed by atoms with van der Waals surface area (Å²) in [5.74, 6) is 0.994. The highest BCUT2D eigenvalue weighted by molar-refractivity contribution is 6.02. The van der Waals surface area contributed by atoms with Crippen LogP contribution < -0.4 is 20.3 Å². The summed E-state index contributed by atoms with van der Waals surface area (Å²) in [6.07, 6.45) is 1.72. The van der Waals surface area contributed by atoms with Gasteiger partial charge in [-0.2, -0.15) is 0 Å². The van der Waals surface area contributed by atoms with Crippen molar-refractivity contribution in [1.82, 2.24) is 4.57 Å². The predicted molar refractivity (Wildman–Crippen MR) is 112 cm³/mol. The first-order chi connectivity index (χ1) is 14.0. The van der Waals surface area contributed by atoms with Crippen LogP contribution in [0.1, 0.15) is 18.5 Å². The fourth-order valence-corrected chi connectivity index (χ4v) is 3.22. The highest BCUT2D eigenvalue weighted by Crippen LogP contribution is 2.26. The molecule has 7 heteroatoms. The van der Waals surface area contributed by atoms with Gasteiger partial charge in [-0.15, -0.1) is 0 Å². The summed E-state index contributed by atoms with van der Waals surface area (Å²) >= 11 is 0. The van der Waals surface area contributed by atoms with Gasteiger partial charge in [0.1, 0.15) is 11.5 Å². The molecule has 152 valence electrons. The van der Waals surface area contributed by atoms with Crippen LogP contribution in [-0.2, 0) is 11.2 Å². The predicted octanol–water partition coefficient (Wildman–Crippen LogP) is 2.75. The lowest BCUT2D eigenvalue weighted by atomic mass is 10.1. The first-order valence-electron chi connectivity index (χ1n) is 9.24. The van der Waals surface area contributed by atoms with Crippen molar-refractivity contribution in [3.05, 3.63) is 64.6 Å². The highest BCUT2D eigenvalue weighted by atomic mass is 16.5. The maximum atomic E-state index is 12.7. The van der Waals surface area contributed by atoms with Gasteiger partial charge >= 0.3 is 0 Å². The number of methoxy groups -OCH3 is 2. The molecule has 0 saturated carbocycles. The zero-order chi connectivity index (χ0) is 21.0. The molecule has 7 nitrogen and oxygen atoms in total. The third kappa shape index (κ3) is 4.25. The van der Waals surface area contributed by atoms with Gasteiger partial charge in [-0.25, -0.2) is 0 Å². The molecule has 29 heavy (non-hydrogen) atoms. The number of carbonyl (C=O) groups is 1. The minimum absolute atomic E-state index is 0.0926. The number of fused-ring (bicyclic) bond motifs is 1. The van der Waals surface area contributed by atoms with Gasteiger partial charge in [-0.1, -0.05) is 6.07 Å². The van der Waals surface area contributed by atoms with Gasteiger partial charge in [0.25, 0.3) is 5.56 Å². The number of hydrogen-bond donors (Lipinski definition) is 2. The van der Waals surface area contributed by atoms with Crippen molar-refractivity contribution in [2.24, 2.45) is 0 Å². The molecule has 0 fully saturated rings. The van der Waals surface area contributed by atoms with Crippen LogP contribution in [0.2, 0.25) is 0 Å². The van der Waals surface area contributed by atoms with Gasteiger partial charge < -0.3 is 24.5 Å². The minimum Gasteiger partial charge on any atom is -0.497 e. The van der Waals surface area contributed by atoms with Crippen LogP contribution in [0, 0.1) is 0 Å². The van der Waals surface area contributed by atoms with Crippen molar-refractivity contribution in [3.8, 4) is 11.5 Å². The number of nitrogens with one attached hydrogen (secondary N) is 1. The molecule has 0 aliphatic rings. The molecule has 0 bridgehead atoms. The molecule has 1 aromatic heterocycles. The van der Waals surface area contributed by atoms with Crippen LogP contribution in [-0.4, -0.2) is 36.4 Å². The van der Waals surface area contributed by atoms with Crippen LogP contribution in [0.25, 0.3) is 10.8 Å². The zero-order valence-corrected chi connectivity index (χ0v) is 16.6. The van der Waals surface area contributed by atoms with E-state index in [0.29, 0.717) is 33.5 Å². The van der Waals surface area contributed by atoms with E-state index in [1.54, 1.807) is 69.8 Å². The summed E-state index contributed by atoms with van der Waals surface area (Å²) in [6, 6.07) is 11.9. The maximum Gasteiger partial charge on any atom is 0.258 e. The van der Waals surface area contributed by atoms with Crippen molar-refractivity contribution in [1.29, 1.82) is 0 Å². The monoisotopic (exact) mass is 396 g/mol. The Morgan fingerprint density at radius 3 is 2.62 bits per heavy atom. The first kappa shape index (κ1) is 20.4. The fourth-order valence-electron chi connectivity index (χ4n) is 3.22. The van der Waals surface area contributed by atoms with E-state index >= 15 is 0 Å². The smallest absolute Gasteiger partial charge is 0.258 e. The van der Waals surface area contributed by atoms with Gasteiger partial charge in [0, 0.05) is 28.2 Å². The fraction of sp³-hybridized carbons (Fsp3) is 0.273.